The molecule has 1 aromatic carbocycles. The fourth-order valence-electron chi connectivity index (χ4n) is 3.22. The molecular formula is C16H17ClN2O4. The van der Waals surface area contributed by atoms with Crippen molar-refractivity contribution in [3.63, 3.8) is 0 Å². The number of Topliss-reactive ketones (excluding diaryl/α,β-unsaturated/α-hetero) is 1. The first-order valence-corrected chi connectivity index (χ1v) is 7.85. The van der Waals surface area contributed by atoms with Crippen LogP contribution in [0, 0.1) is 0 Å². The SMILES string of the molecule is N[C@@H](CC(=O)O)C1=N[C@]2(c3ccccc3Cl)CCC[C@H](O1)C2=O. The fraction of sp³-hybridized carbons (Fsp3) is 0.438. The van der Waals surface area contributed by atoms with E-state index in [1.807, 2.05) is 0 Å². The van der Waals surface area contributed by atoms with Gasteiger partial charge in [-0.2, -0.15) is 0 Å². The highest BCUT2D eigenvalue weighted by Crippen LogP contribution is 2.44. The average Bonchev–Trinajstić information content (AvgIpc) is 2.47. The van der Waals surface area contributed by atoms with Crippen molar-refractivity contribution in [1.29, 1.82) is 0 Å². The molecule has 3 N–H and O–H groups in total. The summed E-state index contributed by atoms with van der Waals surface area (Å²) in [6.45, 7) is 0. The molecule has 3 rings (SSSR count). The molecule has 1 aromatic rings. The second-order valence-electron chi connectivity index (χ2n) is 5.86. The molecule has 122 valence electrons. The zero-order valence-corrected chi connectivity index (χ0v) is 13.1. The van der Waals surface area contributed by atoms with Crippen LogP contribution in [0.15, 0.2) is 29.3 Å². The fourth-order valence-corrected chi connectivity index (χ4v) is 3.51. The number of nitrogens with zero attached hydrogens (tertiary/aromatic N) is 1. The van der Waals surface area contributed by atoms with Crippen LogP contribution in [0.25, 0.3) is 0 Å². The van der Waals surface area contributed by atoms with Gasteiger partial charge in [0, 0.05) is 10.6 Å². The third-order valence-corrected chi connectivity index (χ3v) is 4.63. The van der Waals surface area contributed by atoms with E-state index in [2.05, 4.69) is 4.99 Å². The van der Waals surface area contributed by atoms with Gasteiger partial charge in [-0.05, 0) is 25.3 Å². The van der Waals surface area contributed by atoms with Crippen molar-refractivity contribution >= 4 is 29.3 Å². The van der Waals surface area contributed by atoms with E-state index in [1.54, 1.807) is 24.3 Å². The Balaban J connectivity index is 2.09. The van der Waals surface area contributed by atoms with Crippen LogP contribution < -0.4 is 5.73 Å². The zero-order chi connectivity index (χ0) is 16.6. The maximum Gasteiger partial charge on any atom is 0.305 e. The predicted molar refractivity (Wildman–Crippen MR) is 84.5 cm³/mol. The summed E-state index contributed by atoms with van der Waals surface area (Å²) in [5.41, 5.74) is 5.40. The van der Waals surface area contributed by atoms with E-state index in [0.29, 0.717) is 23.4 Å². The molecule has 0 saturated heterocycles. The van der Waals surface area contributed by atoms with Gasteiger partial charge in [-0.15, -0.1) is 0 Å². The molecule has 23 heavy (non-hydrogen) atoms. The van der Waals surface area contributed by atoms with Crippen LogP contribution in [0.5, 0.6) is 0 Å². The number of ether oxygens (including phenoxy) is 1. The molecule has 2 bridgehead atoms. The molecule has 3 atom stereocenters. The second-order valence-corrected chi connectivity index (χ2v) is 6.26. The number of ketones is 1. The smallest absolute Gasteiger partial charge is 0.305 e. The Labute approximate surface area is 138 Å². The summed E-state index contributed by atoms with van der Waals surface area (Å²) in [4.78, 5) is 28.2. The van der Waals surface area contributed by atoms with Gasteiger partial charge in [0.2, 0.25) is 11.7 Å². The Kier molecular flexibility index (Phi) is 4.12. The van der Waals surface area contributed by atoms with E-state index in [4.69, 9.17) is 27.2 Å². The topological polar surface area (TPSA) is 102 Å². The number of benzene rings is 1. The molecule has 6 nitrogen and oxygen atoms in total. The summed E-state index contributed by atoms with van der Waals surface area (Å²) < 4.78 is 5.59. The lowest BCUT2D eigenvalue weighted by atomic mass is 9.73. The first kappa shape index (κ1) is 16.0. The van der Waals surface area contributed by atoms with Gasteiger partial charge in [-0.1, -0.05) is 29.8 Å². The van der Waals surface area contributed by atoms with Crippen LogP contribution in [-0.2, 0) is 19.9 Å². The van der Waals surface area contributed by atoms with Crippen LogP contribution in [0.3, 0.4) is 0 Å². The number of carboxylic acids is 1. The molecule has 1 aliphatic carbocycles. The van der Waals surface area contributed by atoms with Crippen molar-refractivity contribution in [3.05, 3.63) is 34.9 Å². The Bertz CT molecular complexity index is 690. The molecular weight excluding hydrogens is 320 g/mol. The Hall–Kier alpha value is -1.92. The number of nitrogens with two attached hydrogens (primary N) is 1. The Morgan fingerprint density at radius 2 is 2.26 bits per heavy atom. The number of rotatable bonds is 4. The van der Waals surface area contributed by atoms with E-state index in [0.717, 1.165) is 6.42 Å². The van der Waals surface area contributed by atoms with Gasteiger partial charge in [0.1, 0.15) is 0 Å². The maximum absolute atomic E-state index is 12.8. The minimum absolute atomic E-state index is 0.122. The van der Waals surface area contributed by atoms with E-state index in [9.17, 15) is 9.59 Å². The number of hydrogen-bond donors (Lipinski definition) is 2. The van der Waals surface area contributed by atoms with Crippen molar-refractivity contribution in [2.24, 2.45) is 10.7 Å². The number of aliphatic carboxylic acids is 1. The Morgan fingerprint density at radius 1 is 1.52 bits per heavy atom. The monoisotopic (exact) mass is 336 g/mol. The number of fused-ring (bicyclic) bond motifs is 2. The standard InChI is InChI=1S/C16H17ClN2O4/c17-10-5-2-1-4-9(10)16-7-3-6-12(14(16)22)23-15(19-16)11(18)8-13(20)21/h1-2,4-5,11-12H,3,6-8,18H2,(H,20,21)/t11-,12-,16-/m0/s1. The lowest BCUT2D eigenvalue weighted by Gasteiger charge is -2.42. The quantitative estimate of drug-likeness (QED) is 0.874. The van der Waals surface area contributed by atoms with Crippen molar-refractivity contribution in [1.82, 2.24) is 0 Å². The Morgan fingerprint density at radius 3 is 2.96 bits per heavy atom. The van der Waals surface area contributed by atoms with E-state index in [1.165, 1.54) is 0 Å². The van der Waals surface area contributed by atoms with Gasteiger partial charge in [0.05, 0.1) is 12.5 Å². The molecule has 0 unspecified atom stereocenters. The number of aliphatic imine (C=N–C) groups is 1. The molecule has 7 heteroatoms. The van der Waals surface area contributed by atoms with Gasteiger partial charge in [-0.3, -0.25) is 9.59 Å². The van der Waals surface area contributed by atoms with Gasteiger partial charge < -0.3 is 15.6 Å². The lowest BCUT2D eigenvalue weighted by Crippen LogP contribution is -2.54. The number of carboxylic acid groups (broad SMARTS) is 1. The van der Waals surface area contributed by atoms with Crippen LogP contribution in [0.2, 0.25) is 5.02 Å². The number of hydrogen-bond acceptors (Lipinski definition) is 5. The maximum atomic E-state index is 12.8. The minimum atomic E-state index is -1.12. The molecule has 1 heterocycles. The van der Waals surface area contributed by atoms with Crippen LogP contribution in [0.4, 0.5) is 0 Å². The van der Waals surface area contributed by atoms with Gasteiger partial charge in [0.25, 0.3) is 0 Å². The average molecular weight is 337 g/mol. The van der Waals surface area contributed by atoms with Gasteiger partial charge in [-0.25, -0.2) is 4.99 Å². The molecule has 0 aromatic heterocycles. The molecule has 0 radical (unpaired) electrons. The summed E-state index contributed by atoms with van der Waals surface area (Å²) in [6.07, 6.45) is 0.903. The van der Waals surface area contributed by atoms with Crippen molar-refractivity contribution in [3.8, 4) is 0 Å². The normalized spacial score (nSPS) is 27.8. The zero-order valence-electron chi connectivity index (χ0n) is 12.4. The third kappa shape index (κ3) is 2.72. The van der Waals surface area contributed by atoms with Gasteiger partial charge >= 0.3 is 5.97 Å². The summed E-state index contributed by atoms with van der Waals surface area (Å²) in [7, 11) is 0. The van der Waals surface area contributed by atoms with Crippen LogP contribution >= 0.6 is 11.6 Å². The van der Waals surface area contributed by atoms with Crippen LogP contribution in [0.1, 0.15) is 31.2 Å². The highest BCUT2D eigenvalue weighted by Gasteiger charge is 2.52. The van der Waals surface area contributed by atoms with Crippen LogP contribution in [-0.4, -0.2) is 34.9 Å². The number of carbonyl (C=O) groups is 2. The first-order chi connectivity index (χ1) is 10.9. The first-order valence-electron chi connectivity index (χ1n) is 7.47. The summed E-state index contributed by atoms with van der Waals surface area (Å²) in [5, 5.41) is 9.37. The highest BCUT2D eigenvalue weighted by atomic mass is 35.5. The lowest BCUT2D eigenvalue weighted by molar-refractivity contribution is -0.138. The third-order valence-electron chi connectivity index (χ3n) is 4.30. The molecule has 1 fully saturated rings. The predicted octanol–water partition coefficient (Wildman–Crippen LogP) is 1.89. The number of halogens is 1. The van der Waals surface area contributed by atoms with E-state index in [-0.39, 0.29) is 18.1 Å². The molecule has 0 spiro atoms. The van der Waals surface area contributed by atoms with E-state index >= 15 is 0 Å². The second kappa shape index (κ2) is 5.94. The van der Waals surface area contributed by atoms with Gasteiger partial charge in [0.15, 0.2) is 11.6 Å². The van der Waals surface area contributed by atoms with E-state index < -0.39 is 23.7 Å². The number of carbonyl (C=O) groups excluding carboxylic acids is 1. The van der Waals surface area contributed by atoms with Crippen molar-refractivity contribution in [2.75, 3.05) is 0 Å². The molecule has 1 saturated carbocycles. The van der Waals surface area contributed by atoms with Crippen molar-refractivity contribution < 1.29 is 19.4 Å². The summed E-state index contributed by atoms with van der Waals surface area (Å²) in [6, 6.07) is 6.19. The molecule has 1 aliphatic heterocycles. The molecule has 2 aliphatic rings. The summed E-state index contributed by atoms with van der Waals surface area (Å²) in [5.74, 6) is -1.06. The summed E-state index contributed by atoms with van der Waals surface area (Å²) >= 11 is 6.29. The molecule has 0 amide bonds. The largest absolute Gasteiger partial charge is 0.481 e. The van der Waals surface area contributed by atoms with Crippen molar-refractivity contribution in [2.45, 2.75) is 43.4 Å². The highest BCUT2D eigenvalue weighted by molar-refractivity contribution is 6.32. The minimum Gasteiger partial charge on any atom is -0.481 e.